The van der Waals surface area contributed by atoms with E-state index in [-0.39, 0.29) is 5.54 Å². The lowest BCUT2D eigenvalue weighted by Crippen LogP contribution is -2.53. The van der Waals surface area contributed by atoms with Gasteiger partial charge >= 0.3 is 0 Å². The Hall–Kier alpha value is -0.650. The van der Waals surface area contributed by atoms with Crippen LogP contribution in [-0.2, 0) is 11.3 Å². The highest BCUT2D eigenvalue weighted by Gasteiger charge is 2.32. The van der Waals surface area contributed by atoms with E-state index in [9.17, 15) is 0 Å². The summed E-state index contributed by atoms with van der Waals surface area (Å²) in [6.45, 7) is 12.1. The lowest BCUT2D eigenvalue weighted by Gasteiger charge is -2.42. The summed E-state index contributed by atoms with van der Waals surface area (Å²) in [6.07, 6.45) is 0. The van der Waals surface area contributed by atoms with Gasteiger partial charge in [-0.1, -0.05) is 13.8 Å². The van der Waals surface area contributed by atoms with Crippen molar-refractivity contribution in [2.45, 2.75) is 45.8 Å². The normalized spacial score (nSPS) is 19.5. The number of thiazole rings is 1. The zero-order valence-electron chi connectivity index (χ0n) is 11.7. The maximum atomic E-state index is 5.55. The summed E-state index contributed by atoms with van der Waals surface area (Å²) >= 11 is 1.73. The summed E-state index contributed by atoms with van der Waals surface area (Å²) in [7, 11) is 0. The molecule has 1 aromatic rings. The highest BCUT2D eigenvalue weighted by molar-refractivity contribution is 7.13. The van der Waals surface area contributed by atoms with Crippen molar-refractivity contribution in [3.63, 3.8) is 0 Å². The third-order valence-corrected chi connectivity index (χ3v) is 4.02. The number of hydrogen-bond donors (Lipinski definition) is 1. The molecule has 0 spiro atoms. The molecule has 0 saturated carbocycles. The molecule has 1 fully saturated rings. The van der Waals surface area contributed by atoms with Crippen LogP contribution in [0.5, 0.6) is 0 Å². The average Bonchev–Trinajstić information content (AvgIpc) is 2.74. The molecule has 0 aliphatic carbocycles. The quantitative estimate of drug-likeness (QED) is 0.910. The van der Waals surface area contributed by atoms with E-state index in [1.807, 2.05) is 0 Å². The summed E-state index contributed by atoms with van der Waals surface area (Å²) in [4.78, 5) is 7.09. The Morgan fingerprint density at radius 2 is 2.33 bits per heavy atom. The van der Waals surface area contributed by atoms with E-state index in [4.69, 9.17) is 9.72 Å². The van der Waals surface area contributed by atoms with Crippen molar-refractivity contribution in [2.24, 2.45) is 0 Å². The monoisotopic (exact) mass is 269 g/mol. The smallest absolute Gasteiger partial charge is 0.186 e. The van der Waals surface area contributed by atoms with Gasteiger partial charge in [0.15, 0.2) is 5.13 Å². The number of hydrogen-bond acceptors (Lipinski definition) is 5. The van der Waals surface area contributed by atoms with Gasteiger partial charge in [0, 0.05) is 24.5 Å². The molecule has 0 radical (unpaired) electrons. The predicted octanol–water partition coefficient (Wildman–Crippen LogP) is 2.26. The van der Waals surface area contributed by atoms with E-state index in [1.54, 1.807) is 11.3 Å². The highest BCUT2D eigenvalue weighted by Crippen LogP contribution is 2.29. The van der Waals surface area contributed by atoms with Crippen LogP contribution >= 0.6 is 11.3 Å². The van der Waals surface area contributed by atoms with Crippen LogP contribution in [0.2, 0.25) is 0 Å². The fourth-order valence-electron chi connectivity index (χ4n) is 2.02. The van der Waals surface area contributed by atoms with E-state index in [1.165, 1.54) is 0 Å². The van der Waals surface area contributed by atoms with E-state index in [0.29, 0.717) is 6.04 Å². The molecule has 0 atom stereocenters. The average molecular weight is 269 g/mol. The van der Waals surface area contributed by atoms with Crippen LogP contribution in [-0.4, -0.2) is 36.3 Å². The fraction of sp³-hybridized carbons (Fsp3) is 0.769. The second-order valence-corrected chi connectivity index (χ2v) is 6.51. The Morgan fingerprint density at radius 1 is 1.56 bits per heavy atom. The predicted molar refractivity (Wildman–Crippen MR) is 76.3 cm³/mol. The number of nitrogens with zero attached hydrogens (tertiary/aromatic N) is 2. The largest absolute Gasteiger partial charge is 0.377 e. The number of aromatic nitrogens is 1. The molecule has 102 valence electrons. The highest BCUT2D eigenvalue weighted by atomic mass is 32.1. The summed E-state index contributed by atoms with van der Waals surface area (Å²) in [5, 5.41) is 6.66. The first-order valence-corrected chi connectivity index (χ1v) is 7.40. The Kier molecular flexibility index (Phi) is 4.25. The van der Waals surface area contributed by atoms with Crippen molar-refractivity contribution in [3.8, 4) is 0 Å². The third-order valence-electron chi connectivity index (χ3n) is 3.11. The third kappa shape index (κ3) is 3.22. The molecule has 1 saturated heterocycles. The minimum absolute atomic E-state index is 0.0405. The molecule has 0 aromatic carbocycles. The van der Waals surface area contributed by atoms with Crippen molar-refractivity contribution in [1.29, 1.82) is 0 Å². The Bertz CT molecular complexity index is 389. The molecule has 1 aromatic heterocycles. The molecular formula is C13H23N3OS. The Morgan fingerprint density at radius 3 is 3.00 bits per heavy atom. The van der Waals surface area contributed by atoms with Crippen molar-refractivity contribution < 1.29 is 4.74 Å². The van der Waals surface area contributed by atoms with Crippen LogP contribution < -0.4 is 10.2 Å². The molecule has 0 amide bonds. The summed E-state index contributed by atoms with van der Waals surface area (Å²) in [6, 6.07) is 0.495. The van der Waals surface area contributed by atoms with Gasteiger partial charge in [0.05, 0.1) is 24.4 Å². The number of ether oxygens (including phenoxy) is 1. The van der Waals surface area contributed by atoms with Gasteiger partial charge < -0.3 is 15.0 Å². The number of morpholine rings is 1. The van der Waals surface area contributed by atoms with E-state index >= 15 is 0 Å². The van der Waals surface area contributed by atoms with Gasteiger partial charge in [-0.05, 0) is 13.8 Å². The topological polar surface area (TPSA) is 37.4 Å². The van der Waals surface area contributed by atoms with E-state index < -0.39 is 0 Å². The van der Waals surface area contributed by atoms with Crippen molar-refractivity contribution in [1.82, 2.24) is 10.3 Å². The Balaban J connectivity index is 2.04. The van der Waals surface area contributed by atoms with Crippen LogP contribution in [0.3, 0.4) is 0 Å². The molecule has 1 N–H and O–H groups in total. The molecule has 0 unspecified atom stereocenters. The van der Waals surface area contributed by atoms with Gasteiger partial charge in [-0.2, -0.15) is 0 Å². The molecule has 4 nitrogen and oxygen atoms in total. The summed E-state index contributed by atoms with van der Waals surface area (Å²) in [5.74, 6) is 0. The number of rotatable bonds is 4. The van der Waals surface area contributed by atoms with Crippen LogP contribution in [0.1, 0.15) is 33.4 Å². The van der Waals surface area contributed by atoms with E-state index in [0.717, 1.165) is 37.1 Å². The fourth-order valence-corrected chi connectivity index (χ4v) is 3.04. The number of nitrogens with one attached hydrogen (secondary N) is 1. The molecule has 2 rings (SSSR count). The van der Waals surface area contributed by atoms with Crippen LogP contribution in [0.25, 0.3) is 0 Å². The minimum Gasteiger partial charge on any atom is -0.377 e. The maximum Gasteiger partial charge on any atom is 0.186 e. The maximum absolute atomic E-state index is 5.55. The van der Waals surface area contributed by atoms with Gasteiger partial charge in [0.25, 0.3) is 0 Å². The van der Waals surface area contributed by atoms with Crippen LogP contribution in [0.15, 0.2) is 5.38 Å². The molecule has 18 heavy (non-hydrogen) atoms. The van der Waals surface area contributed by atoms with E-state index in [2.05, 4.69) is 43.3 Å². The van der Waals surface area contributed by atoms with Crippen molar-refractivity contribution in [3.05, 3.63) is 11.1 Å². The first kappa shape index (κ1) is 13.8. The minimum atomic E-state index is 0.0405. The van der Waals surface area contributed by atoms with Gasteiger partial charge in [-0.15, -0.1) is 11.3 Å². The molecule has 1 aliphatic rings. The molecule has 0 bridgehead atoms. The zero-order valence-corrected chi connectivity index (χ0v) is 12.5. The molecule has 2 heterocycles. The van der Waals surface area contributed by atoms with Crippen molar-refractivity contribution in [2.75, 3.05) is 24.7 Å². The second kappa shape index (κ2) is 5.55. The summed E-state index contributed by atoms with van der Waals surface area (Å²) < 4.78 is 5.55. The molecule has 5 heteroatoms. The van der Waals surface area contributed by atoms with Gasteiger partial charge in [0.2, 0.25) is 0 Å². The van der Waals surface area contributed by atoms with Gasteiger partial charge in [-0.3, -0.25) is 0 Å². The first-order valence-electron chi connectivity index (χ1n) is 6.52. The first-order chi connectivity index (χ1) is 8.49. The van der Waals surface area contributed by atoms with Gasteiger partial charge in [0.1, 0.15) is 0 Å². The number of anilines is 1. The zero-order chi connectivity index (χ0) is 13.2. The molecule has 1 aliphatic heterocycles. The Labute approximate surface area is 113 Å². The standard InChI is InChI=1S/C13H23N3OS/c1-10(2)14-7-11-8-18-12(15-11)16-5-6-17-9-13(16,3)4/h8,10,14H,5-7,9H2,1-4H3. The lowest BCUT2D eigenvalue weighted by atomic mass is 10.0. The van der Waals surface area contributed by atoms with Gasteiger partial charge in [-0.25, -0.2) is 4.98 Å². The van der Waals surface area contributed by atoms with Crippen molar-refractivity contribution >= 4 is 16.5 Å². The second-order valence-electron chi connectivity index (χ2n) is 5.67. The van der Waals surface area contributed by atoms with Crippen LogP contribution in [0, 0.1) is 0 Å². The summed E-state index contributed by atoms with van der Waals surface area (Å²) in [5.41, 5.74) is 1.17. The SMILES string of the molecule is CC(C)NCc1csc(N2CCOCC2(C)C)n1. The lowest BCUT2D eigenvalue weighted by molar-refractivity contribution is 0.0643. The molecular weight excluding hydrogens is 246 g/mol. The van der Waals surface area contributed by atoms with Crippen LogP contribution in [0.4, 0.5) is 5.13 Å².